The maximum absolute atomic E-state index is 12.5. The van der Waals surface area contributed by atoms with Crippen LogP contribution in [0.25, 0.3) is 0 Å². The standard InChI is InChI=1S/C11H10F3NO4/c1-2-8(16)6-19-10-5-7(11(12,13)14)3-4-9(10)15(17)18/h3-5H,2,6H2,1H3. The fraction of sp³-hybridized carbons (Fsp3) is 0.364. The molecule has 5 nitrogen and oxygen atoms in total. The summed E-state index contributed by atoms with van der Waals surface area (Å²) in [5, 5.41) is 10.7. The molecule has 0 aliphatic carbocycles. The van der Waals surface area contributed by atoms with Crippen LogP contribution < -0.4 is 4.74 Å². The fourth-order valence-corrected chi connectivity index (χ4v) is 1.22. The summed E-state index contributed by atoms with van der Waals surface area (Å²) >= 11 is 0. The molecule has 0 N–H and O–H groups in total. The highest BCUT2D eigenvalue weighted by molar-refractivity contribution is 5.79. The number of hydrogen-bond acceptors (Lipinski definition) is 4. The number of carbonyl (C=O) groups excluding carboxylic acids is 1. The Kier molecular flexibility index (Phi) is 4.47. The summed E-state index contributed by atoms with van der Waals surface area (Å²) in [6.07, 6.45) is -4.51. The first-order chi connectivity index (χ1) is 8.75. The van der Waals surface area contributed by atoms with Gasteiger partial charge in [-0.25, -0.2) is 0 Å². The number of ketones is 1. The van der Waals surface area contributed by atoms with Crippen molar-refractivity contribution in [3.8, 4) is 5.75 Å². The molecule has 1 rings (SSSR count). The highest BCUT2D eigenvalue weighted by Crippen LogP contribution is 2.36. The van der Waals surface area contributed by atoms with Gasteiger partial charge in [-0.2, -0.15) is 13.2 Å². The second kappa shape index (κ2) is 5.68. The maximum Gasteiger partial charge on any atom is 0.416 e. The second-order valence-electron chi connectivity index (χ2n) is 3.62. The minimum absolute atomic E-state index is 0.132. The minimum atomic E-state index is -4.64. The molecule has 0 heterocycles. The van der Waals surface area contributed by atoms with Crippen LogP contribution >= 0.6 is 0 Å². The molecule has 0 atom stereocenters. The molecule has 0 saturated heterocycles. The zero-order valence-corrected chi connectivity index (χ0v) is 9.86. The smallest absolute Gasteiger partial charge is 0.416 e. The van der Waals surface area contributed by atoms with Crippen molar-refractivity contribution in [2.24, 2.45) is 0 Å². The normalized spacial score (nSPS) is 11.2. The number of nitrogens with zero attached hydrogens (tertiary/aromatic N) is 1. The third kappa shape index (κ3) is 3.94. The second-order valence-corrected chi connectivity index (χ2v) is 3.62. The third-order valence-corrected chi connectivity index (χ3v) is 2.27. The van der Waals surface area contributed by atoms with Gasteiger partial charge in [-0.3, -0.25) is 14.9 Å². The van der Waals surface area contributed by atoms with Crippen LogP contribution in [0.2, 0.25) is 0 Å². The van der Waals surface area contributed by atoms with Crippen molar-refractivity contribution in [2.75, 3.05) is 6.61 Å². The number of benzene rings is 1. The van der Waals surface area contributed by atoms with Gasteiger partial charge in [0, 0.05) is 12.5 Å². The van der Waals surface area contributed by atoms with E-state index in [-0.39, 0.29) is 12.2 Å². The van der Waals surface area contributed by atoms with E-state index in [1.54, 1.807) is 6.92 Å². The van der Waals surface area contributed by atoms with E-state index in [9.17, 15) is 28.1 Å². The maximum atomic E-state index is 12.5. The van der Waals surface area contributed by atoms with E-state index in [0.717, 1.165) is 0 Å². The predicted octanol–water partition coefficient (Wildman–Crippen LogP) is 2.97. The van der Waals surface area contributed by atoms with Crippen LogP contribution in [0.3, 0.4) is 0 Å². The number of nitro groups is 1. The summed E-state index contributed by atoms with van der Waals surface area (Å²) in [5.41, 5.74) is -1.69. The Morgan fingerprint density at radius 1 is 1.42 bits per heavy atom. The quantitative estimate of drug-likeness (QED) is 0.612. The Hall–Kier alpha value is -2.12. The molecule has 0 spiro atoms. The molecule has 0 radical (unpaired) electrons. The van der Waals surface area contributed by atoms with Crippen LogP contribution in [0.15, 0.2) is 18.2 Å². The zero-order valence-electron chi connectivity index (χ0n) is 9.86. The highest BCUT2D eigenvalue weighted by Gasteiger charge is 2.32. The number of Topliss-reactive ketones (excluding diaryl/α,β-unsaturated/α-hetero) is 1. The van der Waals surface area contributed by atoms with E-state index in [0.29, 0.717) is 18.2 Å². The Labute approximate surface area is 106 Å². The average Bonchev–Trinajstić information content (AvgIpc) is 2.34. The number of carbonyl (C=O) groups is 1. The molecule has 1 aromatic rings. The lowest BCUT2D eigenvalue weighted by molar-refractivity contribution is -0.385. The lowest BCUT2D eigenvalue weighted by atomic mass is 10.2. The van der Waals surface area contributed by atoms with Gasteiger partial charge in [-0.15, -0.1) is 0 Å². The molecule has 8 heteroatoms. The van der Waals surface area contributed by atoms with Gasteiger partial charge in [0.05, 0.1) is 10.5 Å². The molecule has 0 bridgehead atoms. The largest absolute Gasteiger partial charge is 0.479 e. The monoisotopic (exact) mass is 277 g/mol. The molecule has 1 aromatic carbocycles. The number of alkyl halides is 3. The number of rotatable bonds is 5. The Morgan fingerprint density at radius 2 is 2.05 bits per heavy atom. The molecule has 0 aromatic heterocycles. The summed E-state index contributed by atoms with van der Waals surface area (Å²) in [6, 6.07) is 1.81. The summed E-state index contributed by atoms with van der Waals surface area (Å²) in [4.78, 5) is 20.8. The molecule has 0 fully saturated rings. The van der Waals surface area contributed by atoms with Gasteiger partial charge in [-0.05, 0) is 12.1 Å². The van der Waals surface area contributed by atoms with E-state index in [1.165, 1.54) is 0 Å². The van der Waals surface area contributed by atoms with E-state index >= 15 is 0 Å². The fourth-order valence-electron chi connectivity index (χ4n) is 1.22. The van der Waals surface area contributed by atoms with Crippen molar-refractivity contribution in [3.63, 3.8) is 0 Å². The first-order valence-corrected chi connectivity index (χ1v) is 5.25. The molecule has 0 aliphatic heterocycles. The van der Waals surface area contributed by atoms with Gasteiger partial charge in [0.2, 0.25) is 0 Å². The Bertz CT molecular complexity index is 499. The topological polar surface area (TPSA) is 69.4 Å². The van der Waals surface area contributed by atoms with E-state index < -0.39 is 34.7 Å². The van der Waals surface area contributed by atoms with Crippen LogP contribution in [-0.2, 0) is 11.0 Å². The first kappa shape index (κ1) is 14.9. The Balaban J connectivity index is 3.09. The number of halogens is 3. The van der Waals surface area contributed by atoms with Crippen LogP contribution in [0.5, 0.6) is 5.75 Å². The number of hydrogen-bond donors (Lipinski definition) is 0. The van der Waals surface area contributed by atoms with E-state index in [4.69, 9.17) is 4.74 Å². The molecule has 104 valence electrons. The van der Waals surface area contributed by atoms with Crippen molar-refractivity contribution in [1.82, 2.24) is 0 Å². The van der Waals surface area contributed by atoms with Gasteiger partial charge in [0.1, 0.15) is 6.61 Å². The number of ether oxygens (including phenoxy) is 1. The number of nitro benzene ring substituents is 1. The third-order valence-electron chi connectivity index (χ3n) is 2.27. The van der Waals surface area contributed by atoms with Gasteiger partial charge < -0.3 is 4.74 Å². The molecular weight excluding hydrogens is 267 g/mol. The summed E-state index contributed by atoms with van der Waals surface area (Å²) < 4.78 is 42.2. The van der Waals surface area contributed by atoms with Crippen molar-refractivity contribution in [2.45, 2.75) is 19.5 Å². The van der Waals surface area contributed by atoms with Crippen LogP contribution in [-0.4, -0.2) is 17.3 Å². The van der Waals surface area contributed by atoms with Crippen LogP contribution in [0.1, 0.15) is 18.9 Å². The van der Waals surface area contributed by atoms with Crippen molar-refractivity contribution < 1.29 is 27.6 Å². The minimum Gasteiger partial charge on any atom is -0.479 e. The molecule has 0 unspecified atom stereocenters. The van der Waals surface area contributed by atoms with E-state index in [2.05, 4.69) is 0 Å². The van der Waals surface area contributed by atoms with Crippen molar-refractivity contribution >= 4 is 11.5 Å². The summed E-state index contributed by atoms with van der Waals surface area (Å²) in [6.45, 7) is 1.05. The first-order valence-electron chi connectivity index (χ1n) is 5.25. The van der Waals surface area contributed by atoms with Gasteiger partial charge in [-0.1, -0.05) is 6.92 Å². The summed E-state index contributed by atoms with van der Waals surface area (Å²) in [7, 11) is 0. The molecule has 0 amide bonds. The SMILES string of the molecule is CCC(=O)COc1cc(C(F)(F)F)ccc1[N+](=O)[O-]. The highest BCUT2D eigenvalue weighted by atomic mass is 19.4. The van der Waals surface area contributed by atoms with Gasteiger partial charge in [0.25, 0.3) is 0 Å². The van der Waals surface area contributed by atoms with Crippen molar-refractivity contribution in [1.29, 1.82) is 0 Å². The van der Waals surface area contributed by atoms with E-state index in [1.807, 2.05) is 0 Å². The average molecular weight is 277 g/mol. The summed E-state index contributed by atoms with van der Waals surface area (Å²) in [5.74, 6) is -0.937. The lowest BCUT2D eigenvalue weighted by Crippen LogP contribution is -2.12. The molecule has 0 saturated carbocycles. The van der Waals surface area contributed by atoms with Crippen LogP contribution in [0, 0.1) is 10.1 Å². The lowest BCUT2D eigenvalue weighted by Gasteiger charge is -2.10. The zero-order chi connectivity index (χ0) is 14.6. The molecule has 0 aliphatic rings. The molecule has 19 heavy (non-hydrogen) atoms. The van der Waals surface area contributed by atoms with Crippen LogP contribution in [0.4, 0.5) is 18.9 Å². The van der Waals surface area contributed by atoms with Gasteiger partial charge >= 0.3 is 11.9 Å². The predicted molar refractivity (Wildman–Crippen MR) is 58.9 cm³/mol. The molecular formula is C11H10F3NO4. The van der Waals surface area contributed by atoms with Gasteiger partial charge in [0.15, 0.2) is 11.5 Å². The van der Waals surface area contributed by atoms with Crippen molar-refractivity contribution in [3.05, 3.63) is 33.9 Å². The Morgan fingerprint density at radius 3 is 2.53 bits per heavy atom.